The number of imidazole rings is 1. The summed E-state index contributed by atoms with van der Waals surface area (Å²) < 4.78 is 19.8. The monoisotopic (exact) mass is 470 g/mol. The fraction of sp³-hybridized carbons (Fsp3) is 0.615. The molecule has 4 rings (SSSR count). The molecule has 0 bridgehead atoms. The van der Waals surface area contributed by atoms with Gasteiger partial charge in [-0.1, -0.05) is 26.0 Å². The standard InChI is InChI=1S/C26H38N4O4/c1-4-33-23-9-5-7-21-17-28-11-6-8-22(28)18-29(13-14-32-15-16-34-25(21)23)24(31)19-30-12-10-27-26(30)20(2)3/h5,7,9-10,12,20,22H,4,6,8,11,13-19H2,1-3H3/t22-/m0/s1. The molecule has 1 aromatic carbocycles. The average molecular weight is 471 g/mol. The smallest absolute Gasteiger partial charge is 0.242 e. The third kappa shape index (κ3) is 5.91. The summed E-state index contributed by atoms with van der Waals surface area (Å²) in [6.45, 7) is 11.6. The van der Waals surface area contributed by atoms with Crippen LogP contribution in [-0.2, 0) is 22.6 Å². The average Bonchev–Trinajstić information content (AvgIpc) is 3.45. The van der Waals surface area contributed by atoms with Gasteiger partial charge in [0.25, 0.3) is 0 Å². The lowest BCUT2D eigenvalue weighted by atomic mass is 10.1. The molecular formula is C26H38N4O4. The van der Waals surface area contributed by atoms with E-state index in [1.54, 1.807) is 6.20 Å². The van der Waals surface area contributed by atoms with Crippen LogP contribution in [0.1, 0.15) is 50.9 Å². The first-order valence-corrected chi connectivity index (χ1v) is 12.5. The van der Waals surface area contributed by atoms with Crippen LogP contribution in [0.4, 0.5) is 0 Å². The van der Waals surface area contributed by atoms with Gasteiger partial charge in [-0.05, 0) is 32.4 Å². The lowest BCUT2D eigenvalue weighted by Crippen LogP contribution is -2.45. The Labute approximate surface area is 202 Å². The van der Waals surface area contributed by atoms with Gasteiger partial charge in [-0.15, -0.1) is 0 Å². The van der Waals surface area contributed by atoms with Crippen LogP contribution in [0.25, 0.3) is 0 Å². The van der Waals surface area contributed by atoms with Gasteiger partial charge >= 0.3 is 0 Å². The third-order valence-electron chi connectivity index (χ3n) is 6.57. The van der Waals surface area contributed by atoms with Crippen LogP contribution in [0, 0.1) is 0 Å². The van der Waals surface area contributed by atoms with Crippen LogP contribution in [0.3, 0.4) is 0 Å². The van der Waals surface area contributed by atoms with Gasteiger partial charge < -0.3 is 23.7 Å². The molecule has 2 aliphatic rings. The molecule has 8 nitrogen and oxygen atoms in total. The molecule has 1 atom stereocenters. The van der Waals surface area contributed by atoms with Gasteiger partial charge in [0.1, 0.15) is 19.0 Å². The number of aromatic nitrogens is 2. The number of carbonyl (C=O) groups excluding carboxylic acids is 1. The summed E-state index contributed by atoms with van der Waals surface area (Å²) in [5.74, 6) is 2.92. The Morgan fingerprint density at radius 1 is 1.24 bits per heavy atom. The number of hydrogen-bond donors (Lipinski definition) is 0. The fourth-order valence-electron chi connectivity index (χ4n) is 4.90. The summed E-state index contributed by atoms with van der Waals surface area (Å²) in [4.78, 5) is 22.3. The first-order chi connectivity index (χ1) is 16.6. The van der Waals surface area contributed by atoms with Crippen LogP contribution in [0.15, 0.2) is 30.6 Å². The van der Waals surface area contributed by atoms with Crippen LogP contribution < -0.4 is 9.47 Å². The van der Waals surface area contributed by atoms with E-state index in [1.807, 2.05) is 34.7 Å². The van der Waals surface area contributed by atoms with Crippen LogP contribution in [0.2, 0.25) is 0 Å². The van der Waals surface area contributed by atoms with Gasteiger partial charge in [0.05, 0.1) is 19.8 Å². The number of ether oxygens (including phenoxy) is 3. The molecule has 2 aliphatic heterocycles. The molecule has 0 unspecified atom stereocenters. The summed E-state index contributed by atoms with van der Waals surface area (Å²) >= 11 is 0. The first-order valence-electron chi connectivity index (χ1n) is 12.5. The normalized spacial score (nSPS) is 20.0. The SMILES string of the molecule is CCOc1cccc2c1OCCOCCN(C(=O)Cn1ccnc1C(C)C)C[C@@H]1CCCN1C2. The molecule has 1 fully saturated rings. The summed E-state index contributed by atoms with van der Waals surface area (Å²) in [7, 11) is 0. The van der Waals surface area contributed by atoms with Gasteiger partial charge in [-0.25, -0.2) is 4.98 Å². The lowest BCUT2D eigenvalue weighted by molar-refractivity contribution is -0.133. The molecular weight excluding hydrogens is 432 g/mol. The number of fused-ring (bicyclic) bond motifs is 2. The number of para-hydroxylation sites is 1. The van der Waals surface area contributed by atoms with Crippen molar-refractivity contribution < 1.29 is 19.0 Å². The number of hydrogen-bond acceptors (Lipinski definition) is 6. The molecule has 34 heavy (non-hydrogen) atoms. The number of benzene rings is 1. The highest BCUT2D eigenvalue weighted by atomic mass is 16.5. The Morgan fingerprint density at radius 2 is 2.12 bits per heavy atom. The molecule has 0 N–H and O–H groups in total. The zero-order valence-electron chi connectivity index (χ0n) is 20.7. The molecule has 0 radical (unpaired) electrons. The Balaban J connectivity index is 1.53. The summed E-state index contributed by atoms with van der Waals surface area (Å²) in [6, 6.07) is 6.41. The predicted molar refractivity (Wildman–Crippen MR) is 130 cm³/mol. The zero-order chi connectivity index (χ0) is 23.9. The van der Waals surface area contributed by atoms with Crippen LogP contribution in [0.5, 0.6) is 11.5 Å². The summed E-state index contributed by atoms with van der Waals surface area (Å²) in [6.07, 6.45) is 5.88. The maximum atomic E-state index is 13.4. The summed E-state index contributed by atoms with van der Waals surface area (Å²) in [5.41, 5.74) is 1.12. The maximum Gasteiger partial charge on any atom is 0.242 e. The number of amides is 1. The Bertz CT molecular complexity index is 945. The van der Waals surface area contributed by atoms with Gasteiger partial charge in [0, 0.05) is 49.6 Å². The molecule has 1 amide bonds. The number of nitrogens with zero attached hydrogens (tertiary/aromatic N) is 4. The minimum absolute atomic E-state index is 0.112. The quantitative estimate of drug-likeness (QED) is 0.668. The second-order valence-electron chi connectivity index (χ2n) is 9.31. The topological polar surface area (TPSA) is 69.1 Å². The van der Waals surface area contributed by atoms with Crippen molar-refractivity contribution in [1.82, 2.24) is 19.4 Å². The van der Waals surface area contributed by atoms with Crippen molar-refractivity contribution in [2.24, 2.45) is 0 Å². The van der Waals surface area contributed by atoms with E-state index in [-0.39, 0.29) is 11.8 Å². The highest BCUT2D eigenvalue weighted by Gasteiger charge is 2.30. The van der Waals surface area contributed by atoms with E-state index in [9.17, 15) is 4.79 Å². The lowest BCUT2D eigenvalue weighted by Gasteiger charge is -2.31. The molecule has 1 aromatic heterocycles. The maximum absolute atomic E-state index is 13.4. The zero-order valence-corrected chi connectivity index (χ0v) is 20.7. The van der Waals surface area contributed by atoms with Crippen molar-refractivity contribution in [1.29, 1.82) is 0 Å². The van der Waals surface area contributed by atoms with Gasteiger partial charge in [-0.3, -0.25) is 9.69 Å². The van der Waals surface area contributed by atoms with E-state index in [0.29, 0.717) is 52.1 Å². The molecule has 186 valence electrons. The molecule has 0 saturated carbocycles. The third-order valence-corrected chi connectivity index (χ3v) is 6.57. The molecule has 3 heterocycles. The number of rotatable bonds is 5. The van der Waals surface area contributed by atoms with Crippen LogP contribution in [-0.4, -0.2) is 77.4 Å². The van der Waals surface area contributed by atoms with Crippen molar-refractivity contribution in [3.05, 3.63) is 42.0 Å². The Hall–Kier alpha value is -2.58. The van der Waals surface area contributed by atoms with Crippen molar-refractivity contribution >= 4 is 5.91 Å². The minimum atomic E-state index is 0.112. The van der Waals surface area contributed by atoms with Crippen molar-refractivity contribution in [3.8, 4) is 11.5 Å². The van der Waals surface area contributed by atoms with Crippen molar-refractivity contribution in [2.75, 3.05) is 46.1 Å². The van der Waals surface area contributed by atoms with E-state index in [0.717, 1.165) is 48.8 Å². The van der Waals surface area contributed by atoms with Crippen LogP contribution >= 0.6 is 0 Å². The number of carbonyl (C=O) groups is 1. The molecule has 1 saturated heterocycles. The highest BCUT2D eigenvalue weighted by Crippen LogP contribution is 2.34. The van der Waals surface area contributed by atoms with E-state index in [1.165, 1.54) is 0 Å². The predicted octanol–water partition coefficient (Wildman–Crippen LogP) is 3.31. The van der Waals surface area contributed by atoms with E-state index >= 15 is 0 Å². The van der Waals surface area contributed by atoms with E-state index < -0.39 is 0 Å². The first kappa shape index (κ1) is 24.5. The van der Waals surface area contributed by atoms with Gasteiger partial charge in [0.15, 0.2) is 11.5 Å². The molecule has 0 spiro atoms. The largest absolute Gasteiger partial charge is 0.490 e. The second-order valence-corrected chi connectivity index (χ2v) is 9.31. The Morgan fingerprint density at radius 3 is 2.94 bits per heavy atom. The summed E-state index contributed by atoms with van der Waals surface area (Å²) in [5, 5.41) is 0. The fourth-order valence-corrected chi connectivity index (χ4v) is 4.90. The van der Waals surface area contributed by atoms with Crippen molar-refractivity contribution in [2.45, 2.75) is 58.7 Å². The van der Waals surface area contributed by atoms with Crippen molar-refractivity contribution in [3.63, 3.8) is 0 Å². The Kier molecular flexibility index (Phi) is 8.45. The van der Waals surface area contributed by atoms with E-state index in [2.05, 4.69) is 29.8 Å². The molecule has 0 aliphatic carbocycles. The van der Waals surface area contributed by atoms with E-state index in [4.69, 9.17) is 14.2 Å². The minimum Gasteiger partial charge on any atom is -0.490 e. The molecule has 8 heteroatoms. The van der Waals surface area contributed by atoms with Gasteiger partial charge in [-0.2, -0.15) is 0 Å². The molecule has 2 aromatic rings. The van der Waals surface area contributed by atoms with Gasteiger partial charge in [0.2, 0.25) is 5.91 Å². The highest BCUT2D eigenvalue weighted by molar-refractivity contribution is 5.76. The second kappa shape index (κ2) is 11.7.